The zero-order chi connectivity index (χ0) is 27.5. The van der Waals surface area contributed by atoms with Gasteiger partial charge in [-0.05, 0) is 109 Å². The molecule has 0 bridgehead atoms. The fourth-order valence-electron chi connectivity index (χ4n) is 5.83. The highest BCUT2D eigenvalue weighted by Crippen LogP contribution is 2.38. The summed E-state index contributed by atoms with van der Waals surface area (Å²) in [6.07, 6.45) is 7.97. The Labute approximate surface area is 234 Å². The van der Waals surface area contributed by atoms with Crippen LogP contribution in [0.4, 0.5) is 11.4 Å². The number of rotatable bonds is 6. The molecule has 2 aliphatic rings. The first-order valence-corrected chi connectivity index (χ1v) is 14.2. The first-order chi connectivity index (χ1) is 18.9. The van der Waals surface area contributed by atoms with Gasteiger partial charge in [0.2, 0.25) is 0 Å². The predicted molar refractivity (Wildman–Crippen MR) is 171 cm³/mol. The van der Waals surface area contributed by atoms with E-state index in [4.69, 9.17) is 0 Å². The van der Waals surface area contributed by atoms with Gasteiger partial charge in [0.05, 0.1) is 11.4 Å². The number of nitrogens with one attached hydrogen (secondary N) is 1. The lowest BCUT2D eigenvalue weighted by Crippen LogP contribution is -2.45. The first-order valence-electron chi connectivity index (χ1n) is 14.2. The van der Waals surface area contributed by atoms with E-state index < -0.39 is 0 Å². The summed E-state index contributed by atoms with van der Waals surface area (Å²) in [5, 5.41) is 8.21. The van der Waals surface area contributed by atoms with Crippen LogP contribution in [0.15, 0.2) is 92.2 Å². The van der Waals surface area contributed by atoms with E-state index in [0.717, 1.165) is 54.0 Å². The molecular weight excluding hydrogens is 474 g/mol. The molecule has 3 aromatic carbocycles. The van der Waals surface area contributed by atoms with E-state index in [2.05, 4.69) is 116 Å². The molecule has 3 nitrogen and oxygen atoms in total. The van der Waals surface area contributed by atoms with Crippen molar-refractivity contribution < 1.29 is 0 Å². The largest absolute Gasteiger partial charge is 0.388 e. The molecule has 0 atom stereocenters. The molecule has 39 heavy (non-hydrogen) atoms. The van der Waals surface area contributed by atoms with Gasteiger partial charge >= 0.3 is 0 Å². The Morgan fingerprint density at radius 3 is 2.26 bits per heavy atom. The summed E-state index contributed by atoms with van der Waals surface area (Å²) in [6.45, 7) is 19.3. The van der Waals surface area contributed by atoms with Crippen LogP contribution in [0, 0.1) is 0 Å². The van der Waals surface area contributed by atoms with Crippen LogP contribution >= 0.6 is 0 Å². The number of anilines is 2. The molecule has 1 fully saturated rings. The molecule has 200 valence electrons. The van der Waals surface area contributed by atoms with Gasteiger partial charge in [0.1, 0.15) is 0 Å². The van der Waals surface area contributed by atoms with E-state index in [-0.39, 0.29) is 0 Å². The molecule has 3 aromatic rings. The maximum Gasteiger partial charge on any atom is 0.0618 e. The smallest absolute Gasteiger partial charge is 0.0618 e. The van der Waals surface area contributed by atoms with Crippen molar-refractivity contribution in [1.29, 1.82) is 0 Å². The van der Waals surface area contributed by atoms with E-state index in [1.54, 1.807) is 0 Å². The first kappa shape index (κ1) is 26.8. The Morgan fingerprint density at radius 1 is 0.795 bits per heavy atom. The molecule has 5 rings (SSSR count). The van der Waals surface area contributed by atoms with Gasteiger partial charge in [-0.1, -0.05) is 68.1 Å². The third-order valence-electron chi connectivity index (χ3n) is 8.01. The van der Waals surface area contributed by atoms with Gasteiger partial charge in [-0.2, -0.15) is 0 Å². The number of fused-ring (bicyclic) bond motifs is 1. The molecule has 1 saturated heterocycles. The molecule has 3 heteroatoms. The van der Waals surface area contributed by atoms with Crippen LogP contribution in [0.5, 0.6) is 0 Å². The minimum absolute atomic E-state index is 0.968. The van der Waals surface area contributed by atoms with Crippen molar-refractivity contribution in [2.24, 2.45) is 0 Å². The number of hydrogen-bond donors (Lipinski definition) is 1. The topological polar surface area (TPSA) is 18.5 Å². The van der Waals surface area contributed by atoms with Crippen molar-refractivity contribution in [3.8, 4) is 11.1 Å². The SMILES string of the molecule is C=C(C)c1cccc(/C2=C/C(=C)N(N3CCCCC3)c3cc(-c4ccc(NC)c(C(=C)C)c4)ccc3CC2)c1. The summed E-state index contributed by atoms with van der Waals surface area (Å²) in [5.41, 5.74) is 14.2. The van der Waals surface area contributed by atoms with Gasteiger partial charge in [0, 0.05) is 31.4 Å². The van der Waals surface area contributed by atoms with Gasteiger partial charge in [-0.3, -0.25) is 5.01 Å². The summed E-state index contributed by atoms with van der Waals surface area (Å²) < 4.78 is 0. The molecule has 0 aromatic heterocycles. The summed E-state index contributed by atoms with van der Waals surface area (Å²) >= 11 is 0. The maximum atomic E-state index is 4.64. The van der Waals surface area contributed by atoms with Gasteiger partial charge in [0.15, 0.2) is 0 Å². The van der Waals surface area contributed by atoms with E-state index in [0.29, 0.717) is 0 Å². The van der Waals surface area contributed by atoms with E-state index >= 15 is 0 Å². The summed E-state index contributed by atoms with van der Waals surface area (Å²) in [5.74, 6) is 0. The quantitative estimate of drug-likeness (QED) is 0.353. The van der Waals surface area contributed by atoms with Gasteiger partial charge in [0.25, 0.3) is 0 Å². The number of hydrogen-bond acceptors (Lipinski definition) is 3. The van der Waals surface area contributed by atoms with Crippen LogP contribution in [-0.4, -0.2) is 25.1 Å². The molecule has 0 amide bonds. The summed E-state index contributed by atoms with van der Waals surface area (Å²) in [4.78, 5) is 0. The van der Waals surface area contributed by atoms with Crippen LogP contribution in [-0.2, 0) is 6.42 Å². The lowest BCUT2D eigenvalue weighted by atomic mass is 9.91. The number of allylic oxidation sites excluding steroid dienone is 4. The van der Waals surface area contributed by atoms with Crippen molar-refractivity contribution in [2.45, 2.75) is 46.0 Å². The highest BCUT2D eigenvalue weighted by molar-refractivity contribution is 5.82. The average molecular weight is 516 g/mol. The second kappa shape index (κ2) is 11.5. The third kappa shape index (κ3) is 5.65. The Bertz CT molecular complexity index is 1450. The number of benzene rings is 3. The van der Waals surface area contributed by atoms with E-state index in [1.165, 1.54) is 58.3 Å². The highest BCUT2D eigenvalue weighted by atomic mass is 15.6. The Hall–Kier alpha value is -3.82. The minimum Gasteiger partial charge on any atom is -0.388 e. The lowest BCUT2D eigenvalue weighted by molar-refractivity contribution is 0.224. The third-order valence-corrected chi connectivity index (χ3v) is 8.01. The zero-order valence-corrected chi connectivity index (χ0v) is 23.8. The summed E-state index contributed by atoms with van der Waals surface area (Å²) in [6, 6.07) is 22.4. The van der Waals surface area contributed by atoms with E-state index in [1.807, 2.05) is 7.05 Å². The molecule has 2 aliphatic heterocycles. The molecule has 2 heterocycles. The predicted octanol–water partition coefficient (Wildman–Crippen LogP) is 9.21. The van der Waals surface area contributed by atoms with Crippen molar-refractivity contribution in [3.05, 3.63) is 114 Å². The van der Waals surface area contributed by atoms with Crippen molar-refractivity contribution in [3.63, 3.8) is 0 Å². The molecule has 0 unspecified atom stereocenters. The van der Waals surface area contributed by atoms with Crippen molar-refractivity contribution in [2.75, 3.05) is 30.5 Å². The average Bonchev–Trinajstić information content (AvgIpc) is 2.95. The normalized spacial score (nSPS) is 17.5. The molecule has 0 spiro atoms. The van der Waals surface area contributed by atoms with E-state index in [9.17, 15) is 0 Å². The maximum absolute atomic E-state index is 4.64. The highest BCUT2D eigenvalue weighted by Gasteiger charge is 2.25. The van der Waals surface area contributed by atoms with Crippen LogP contribution in [0.25, 0.3) is 27.8 Å². The second-order valence-electron chi connectivity index (χ2n) is 11.0. The fraction of sp³-hybridized carbons (Fsp3) is 0.278. The van der Waals surface area contributed by atoms with Gasteiger partial charge in [-0.25, -0.2) is 5.01 Å². The number of aryl methyl sites for hydroxylation is 1. The molecular formula is C36H41N3. The van der Waals surface area contributed by atoms with Crippen LogP contribution in [0.3, 0.4) is 0 Å². The van der Waals surface area contributed by atoms with Gasteiger partial charge in [-0.15, -0.1) is 0 Å². The molecule has 0 aliphatic carbocycles. The minimum atomic E-state index is 0.968. The lowest BCUT2D eigenvalue weighted by Gasteiger charge is -2.41. The molecule has 0 radical (unpaired) electrons. The Morgan fingerprint density at radius 2 is 1.54 bits per heavy atom. The number of piperidine rings is 1. The number of hydrazine groups is 1. The Balaban J connectivity index is 1.59. The number of nitrogens with zero attached hydrogens (tertiary/aromatic N) is 2. The van der Waals surface area contributed by atoms with Crippen molar-refractivity contribution >= 4 is 28.1 Å². The zero-order valence-electron chi connectivity index (χ0n) is 23.8. The fourth-order valence-corrected chi connectivity index (χ4v) is 5.83. The van der Waals surface area contributed by atoms with Crippen LogP contribution in [0.1, 0.15) is 61.8 Å². The summed E-state index contributed by atoms with van der Waals surface area (Å²) in [7, 11) is 1.96. The second-order valence-corrected chi connectivity index (χ2v) is 11.0. The van der Waals surface area contributed by atoms with Crippen LogP contribution in [0.2, 0.25) is 0 Å². The monoisotopic (exact) mass is 515 g/mol. The molecule has 0 saturated carbocycles. The van der Waals surface area contributed by atoms with Gasteiger partial charge < -0.3 is 5.32 Å². The van der Waals surface area contributed by atoms with Crippen LogP contribution < -0.4 is 10.3 Å². The van der Waals surface area contributed by atoms with Crippen molar-refractivity contribution in [1.82, 2.24) is 5.01 Å². The molecule has 1 N–H and O–H groups in total. The Kier molecular flexibility index (Phi) is 7.90. The standard InChI is InChI=1S/C36H41N3/c1-25(2)29-11-10-12-30(22-29)31-15-13-28-14-16-33(32-17-18-35(37-6)34(23-32)26(3)4)24-36(28)39(27(5)21-31)38-19-8-7-9-20-38/h10-12,14,16-18,21-24,37H,1,3,5,7-9,13,15,19-20H2,2,4,6H3/b31-21+.